The van der Waals surface area contributed by atoms with E-state index in [2.05, 4.69) is 0 Å². The summed E-state index contributed by atoms with van der Waals surface area (Å²) in [4.78, 5) is 0. The van der Waals surface area contributed by atoms with E-state index >= 15 is 0 Å². The topological polar surface area (TPSA) is 58.9 Å². The van der Waals surface area contributed by atoms with Gasteiger partial charge in [0, 0.05) is 6.42 Å². The molecule has 0 aromatic heterocycles. The Bertz CT molecular complexity index is 394. The molecule has 17 heavy (non-hydrogen) atoms. The summed E-state index contributed by atoms with van der Waals surface area (Å²) in [5.74, 6) is 0. The number of rotatable bonds is 2. The van der Waals surface area contributed by atoms with Crippen LogP contribution in [0.25, 0.3) is 0 Å². The molecule has 1 aromatic rings. The largest absolute Gasteiger partial charge is 0.388 e. The molecule has 0 amide bonds. The molecule has 2 aliphatic heterocycles. The van der Waals surface area contributed by atoms with E-state index in [-0.39, 0.29) is 13.2 Å². The van der Waals surface area contributed by atoms with Crippen LogP contribution >= 0.6 is 0 Å². The molecule has 0 bridgehead atoms. The zero-order valence-corrected chi connectivity index (χ0v) is 9.45. The Morgan fingerprint density at radius 3 is 2.71 bits per heavy atom. The van der Waals surface area contributed by atoms with Crippen LogP contribution in [0.1, 0.15) is 5.56 Å². The molecule has 92 valence electrons. The van der Waals surface area contributed by atoms with Gasteiger partial charge < -0.3 is 19.7 Å². The molecule has 2 heterocycles. The average Bonchev–Trinajstić information content (AvgIpc) is 2.82. The molecule has 4 nitrogen and oxygen atoms in total. The summed E-state index contributed by atoms with van der Waals surface area (Å²) in [6, 6.07) is 9.84. The second-order valence-electron chi connectivity index (χ2n) is 4.77. The summed E-state index contributed by atoms with van der Waals surface area (Å²) >= 11 is 0. The van der Waals surface area contributed by atoms with E-state index in [9.17, 15) is 10.2 Å². The fourth-order valence-electron chi connectivity index (χ4n) is 2.79. The lowest BCUT2D eigenvalue weighted by Crippen LogP contribution is -2.48. The Morgan fingerprint density at radius 2 is 1.94 bits per heavy atom. The molecule has 2 fully saturated rings. The van der Waals surface area contributed by atoms with Crippen molar-refractivity contribution in [3.63, 3.8) is 0 Å². The second kappa shape index (κ2) is 4.07. The van der Waals surface area contributed by atoms with Crippen LogP contribution in [0.5, 0.6) is 0 Å². The van der Waals surface area contributed by atoms with E-state index in [1.54, 1.807) is 0 Å². The fraction of sp³-hybridized carbons (Fsp3) is 0.538. The minimum absolute atomic E-state index is 0.231. The van der Waals surface area contributed by atoms with Crippen LogP contribution in [0.2, 0.25) is 0 Å². The maximum atomic E-state index is 10.1. The maximum Gasteiger partial charge on any atom is 0.129 e. The Labute approximate surface area is 99.8 Å². The van der Waals surface area contributed by atoms with Crippen molar-refractivity contribution >= 4 is 0 Å². The van der Waals surface area contributed by atoms with Crippen molar-refractivity contribution in [3.8, 4) is 0 Å². The quantitative estimate of drug-likeness (QED) is 0.765. The predicted octanol–water partition coefficient (Wildman–Crippen LogP) is 0.119. The molecule has 4 heteroatoms. The minimum atomic E-state index is -0.777. The Balaban J connectivity index is 1.89. The molecular formula is C13H16O4. The third-order valence-corrected chi connectivity index (χ3v) is 3.67. The molecule has 2 saturated heterocycles. The minimum Gasteiger partial charge on any atom is -0.388 e. The van der Waals surface area contributed by atoms with Crippen LogP contribution in [0.15, 0.2) is 30.3 Å². The van der Waals surface area contributed by atoms with Gasteiger partial charge in [-0.05, 0) is 5.56 Å². The summed E-state index contributed by atoms with van der Waals surface area (Å²) in [6.45, 7) is 0.461. The second-order valence-corrected chi connectivity index (χ2v) is 4.77. The van der Waals surface area contributed by atoms with Crippen molar-refractivity contribution < 1.29 is 19.7 Å². The van der Waals surface area contributed by atoms with Gasteiger partial charge in [0.1, 0.15) is 23.9 Å². The molecule has 3 rings (SSSR count). The van der Waals surface area contributed by atoms with Crippen LogP contribution in [-0.2, 0) is 15.9 Å². The first-order chi connectivity index (χ1) is 8.22. The summed E-state index contributed by atoms with van der Waals surface area (Å²) < 4.78 is 11.1. The van der Waals surface area contributed by atoms with Crippen molar-refractivity contribution in [1.82, 2.24) is 0 Å². The average molecular weight is 236 g/mol. The van der Waals surface area contributed by atoms with Gasteiger partial charge in [-0.15, -0.1) is 0 Å². The zero-order valence-electron chi connectivity index (χ0n) is 9.45. The van der Waals surface area contributed by atoms with Crippen LogP contribution in [0, 0.1) is 0 Å². The molecule has 2 aliphatic rings. The maximum absolute atomic E-state index is 10.1. The lowest BCUT2D eigenvalue weighted by Gasteiger charge is -2.30. The Hall–Kier alpha value is -0.940. The van der Waals surface area contributed by atoms with Gasteiger partial charge in [0.25, 0.3) is 0 Å². The lowest BCUT2D eigenvalue weighted by molar-refractivity contribution is -0.0755. The first-order valence-electron chi connectivity index (χ1n) is 5.88. The number of fused-ring (bicyclic) bond motifs is 1. The molecule has 0 radical (unpaired) electrons. The van der Waals surface area contributed by atoms with E-state index in [1.807, 2.05) is 30.3 Å². The highest BCUT2D eigenvalue weighted by molar-refractivity contribution is 5.21. The molecular weight excluding hydrogens is 220 g/mol. The van der Waals surface area contributed by atoms with Gasteiger partial charge in [-0.2, -0.15) is 0 Å². The van der Waals surface area contributed by atoms with Crippen LogP contribution in [-0.4, -0.2) is 47.3 Å². The zero-order chi connectivity index (χ0) is 11.9. The number of hydrogen-bond donors (Lipinski definition) is 2. The van der Waals surface area contributed by atoms with E-state index in [1.165, 1.54) is 0 Å². The number of hydrogen-bond acceptors (Lipinski definition) is 4. The van der Waals surface area contributed by atoms with E-state index in [0.29, 0.717) is 6.42 Å². The van der Waals surface area contributed by atoms with Gasteiger partial charge in [0.15, 0.2) is 0 Å². The number of benzene rings is 1. The van der Waals surface area contributed by atoms with Crippen molar-refractivity contribution in [3.05, 3.63) is 35.9 Å². The fourth-order valence-corrected chi connectivity index (χ4v) is 2.79. The van der Waals surface area contributed by atoms with Gasteiger partial charge in [-0.25, -0.2) is 0 Å². The molecule has 2 N–H and O–H groups in total. The van der Waals surface area contributed by atoms with Crippen LogP contribution in [0.3, 0.4) is 0 Å². The monoisotopic (exact) mass is 236 g/mol. The predicted molar refractivity (Wildman–Crippen MR) is 60.6 cm³/mol. The van der Waals surface area contributed by atoms with Gasteiger partial charge in [0.05, 0.1) is 13.2 Å². The van der Waals surface area contributed by atoms with Crippen LogP contribution in [0.4, 0.5) is 0 Å². The first kappa shape index (κ1) is 11.2. The van der Waals surface area contributed by atoms with E-state index < -0.39 is 23.9 Å². The third-order valence-electron chi connectivity index (χ3n) is 3.67. The molecule has 0 spiro atoms. The summed E-state index contributed by atoms with van der Waals surface area (Å²) in [5, 5.41) is 19.9. The van der Waals surface area contributed by atoms with E-state index in [4.69, 9.17) is 9.47 Å². The number of ether oxygens (including phenoxy) is 2. The van der Waals surface area contributed by atoms with Crippen molar-refractivity contribution in [2.24, 2.45) is 0 Å². The molecule has 0 aliphatic carbocycles. The number of aliphatic hydroxyl groups excluding tert-OH is 2. The van der Waals surface area contributed by atoms with E-state index in [0.717, 1.165) is 5.56 Å². The van der Waals surface area contributed by atoms with Gasteiger partial charge in [-0.1, -0.05) is 30.3 Å². The summed E-state index contributed by atoms with van der Waals surface area (Å²) in [6.07, 6.45) is -1.17. The normalized spacial score (nSPS) is 40.5. The van der Waals surface area contributed by atoms with Crippen molar-refractivity contribution in [2.75, 3.05) is 13.2 Å². The number of aliphatic hydroxyl groups is 2. The molecule has 0 saturated carbocycles. The van der Waals surface area contributed by atoms with Crippen molar-refractivity contribution in [1.29, 1.82) is 0 Å². The van der Waals surface area contributed by atoms with Gasteiger partial charge in [-0.3, -0.25) is 0 Å². The summed E-state index contributed by atoms with van der Waals surface area (Å²) in [7, 11) is 0. The van der Waals surface area contributed by atoms with Crippen LogP contribution < -0.4 is 0 Å². The first-order valence-corrected chi connectivity index (χ1v) is 5.88. The molecule has 1 aromatic carbocycles. The third kappa shape index (κ3) is 1.68. The highest BCUT2D eigenvalue weighted by atomic mass is 16.6. The van der Waals surface area contributed by atoms with Gasteiger partial charge in [0.2, 0.25) is 0 Å². The Morgan fingerprint density at radius 1 is 1.18 bits per heavy atom. The SMILES string of the molecule is O[C@@H]1CO[C@@]2(Cc3ccccc3)[C@@H]1OC[C@@H]2O. The highest BCUT2D eigenvalue weighted by Gasteiger charge is 2.59. The molecule has 4 atom stereocenters. The Kier molecular flexibility index (Phi) is 2.67. The van der Waals surface area contributed by atoms with Gasteiger partial charge >= 0.3 is 0 Å². The summed E-state index contributed by atoms with van der Waals surface area (Å²) in [5.41, 5.74) is 0.303. The lowest BCUT2D eigenvalue weighted by atomic mass is 9.86. The van der Waals surface area contributed by atoms with Crippen molar-refractivity contribution in [2.45, 2.75) is 30.3 Å². The smallest absolute Gasteiger partial charge is 0.129 e. The highest BCUT2D eigenvalue weighted by Crippen LogP contribution is 2.40. The standard InChI is InChI=1S/C13H16O4/c14-10-7-17-13(11(15)8-16-12(10)13)6-9-4-2-1-3-5-9/h1-5,10-12,14-15H,6-8H2/t10-,11+,12-,13-/m1/s1. The molecule has 0 unspecified atom stereocenters.